The van der Waals surface area contributed by atoms with E-state index in [0.717, 1.165) is 0 Å². The summed E-state index contributed by atoms with van der Waals surface area (Å²) in [6.45, 7) is 0. The van der Waals surface area contributed by atoms with Crippen LogP contribution < -0.4 is 0 Å². The number of aromatic nitrogens is 1. The zero-order valence-electron chi connectivity index (χ0n) is 7.11. The quantitative estimate of drug-likeness (QED) is 0.708. The van der Waals surface area contributed by atoms with Crippen LogP contribution in [0, 0.1) is 5.82 Å². The molecule has 14 heavy (non-hydrogen) atoms. The Hall–Kier alpha value is -1.55. The Morgan fingerprint density at radius 2 is 2.14 bits per heavy atom. The fourth-order valence-corrected chi connectivity index (χ4v) is 1.68. The molecular weight excluding hydrogens is 201 g/mol. The second-order valence-corrected chi connectivity index (χ2v) is 3.56. The average Bonchev–Trinajstić information content (AvgIpc) is 2.70. The predicted octanol–water partition coefficient (Wildman–Crippen LogP) is 2.51. The Bertz CT molecular complexity index is 453. The number of benzene rings is 1. The van der Waals surface area contributed by atoms with E-state index in [-0.39, 0.29) is 11.3 Å². The van der Waals surface area contributed by atoms with Crippen LogP contribution >= 0.6 is 11.3 Å². The molecule has 0 N–H and O–H groups in total. The maximum absolute atomic E-state index is 13.2. The molecule has 0 atom stereocenters. The zero-order chi connectivity index (χ0) is 9.97. The molecule has 0 aliphatic carbocycles. The molecule has 0 saturated heterocycles. The molecule has 0 spiro atoms. The van der Waals surface area contributed by atoms with Gasteiger partial charge in [0, 0.05) is 6.20 Å². The Morgan fingerprint density at radius 1 is 1.36 bits per heavy atom. The second kappa shape index (κ2) is 3.67. The van der Waals surface area contributed by atoms with E-state index in [1.165, 1.54) is 29.7 Å². The molecular formula is C10H6FNOS. The highest BCUT2D eigenvalue weighted by Crippen LogP contribution is 2.15. The highest BCUT2D eigenvalue weighted by Gasteiger charge is 2.13. The van der Waals surface area contributed by atoms with E-state index in [4.69, 9.17) is 0 Å². The highest BCUT2D eigenvalue weighted by molar-refractivity contribution is 7.11. The molecule has 0 aliphatic heterocycles. The number of rotatable bonds is 2. The lowest BCUT2D eigenvalue weighted by Gasteiger charge is -1.98. The first-order chi connectivity index (χ1) is 6.79. The standard InChI is InChI=1S/C10H6FNOS/c11-8-4-2-1-3-7(8)10(13)9-5-12-6-14-9/h1-6H. The lowest BCUT2D eigenvalue weighted by Crippen LogP contribution is -2.01. The molecule has 0 radical (unpaired) electrons. The van der Waals surface area contributed by atoms with Crippen LogP contribution in [0.1, 0.15) is 15.2 Å². The van der Waals surface area contributed by atoms with Crippen molar-refractivity contribution in [2.24, 2.45) is 0 Å². The molecule has 1 aromatic heterocycles. The van der Waals surface area contributed by atoms with Crippen molar-refractivity contribution in [1.82, 2.24) is 4.98 Å². The Kier molecular flexibility index (Phi) is 2.37. The topological polar surface area (TPSA) is 30.0 Å². The molecule has 0 aliphatic rings. The number of carbonyl (C=O) groups is 1. The molecule has 0 amide bonds. The fraction of sp³-hybridized carbons (Fsp3) is 0. The molecule has 0 bridgehead atoms. The third kappa shape index (κ3) is 1.56. The van der Waals surface area contributed by atoms with Crippen LogP contribution in [0.5, 0.6) is 0 Å². The molecule has 1 aromatic carbocycles. The molecule has 4 heteroatoms. The summed E-state index contributed by atoms with van der Waals surface area (Å²) < 4.78 is 13.2. The zero-order valence-corrected chi connectivity index (χ0v) is 7.92. The number of hydrogen-bond donors (Lipinski definition) is 0. The minimum absolute atomic E-state index is 0.0942. The molecule has 0 unspecified atom stereocenters. The van der Waals surface area contributed by atoms with Gasteiger partial charge in [-0.1, -0.05) is 12.1 Å². The molecule has 2 nitrogen and oxygen atoms in total. The third-order valence-corrected chi connectivity index (χ3v) is 2.55. The number of carbonyl (C=O) groups excluding carboxylic acids is 1. The fourth-order valence-electron chi connectivity index (χ4n) is 1.11. The van der Waals surface area contributed by atoms with Gasteiger partial charge in [0.2, 0.25) is 5.78 Å². The molecule has 1 heterocycles. The van der Waals surface area contributed by atoms with Gasteiger partial charge < -0.3 is 0 Å². The van der Waals surface area contributed by atoms with Crippen molar-refractivity contribution in [2.75, 3.05) is 0 Å². The number of hydrogen-bond acceptors (Lipinski definition) is 3. The van der Waals surface area contributed by atoms with Gasteiger partial charge in [0.1, 0.15) is 5.82 Å². The largest absolute Gasteiger partial charge is 0.288 e. The molecule has 2 aromatic rings. The van der Waals surface area contributed by atoms with Crippen molar-refractivity contribution in [3.05, 3.63) is 52.2 Å². The van der Waals surface area contributed by atoms with Crippen molar-refractivity contribution in [1.29, 1.82) is 0 Å². The summed E-state index contributed by atoms with van der Waals surface area (Å²) in [7, 11) is 0. The highest BCUT2D eigenvalue weighted by atomic mass is 32.1. The van der Waals surface area contributed by atoms with E-state index >= 15 is 0 Å². The molecule has 70 valence electrons. The van der Waals surface area contributed by atoms with Gasteiger partial charge in [0.25, 0.3) is 0 Å². The predicted molar refractivity (Wildman–Crippen MR) is 51.9 cm³/mol. The minimum Gasteiger partial charge on any atom is -0.288 e. The van der Waals surface area contributed by atoms with Gasteiger partial charge in [-0.3, -0.25) is 9.78 Å². The van der Waals surface area contributed by atoms with Gasteiger partial charge >= 0.3 is 0 Å². The summed E-state index contributed by atoms with van der Waals surface area (Å²) in [4.78, 5) is 15.9. The first kappa shape index (κ1) is 9.02. The average molecular weight is 207 g/mol. The van der Waals surface area contributed by atoms with Gasteiger partial charge in [0.05, 0.1) is 16.0 Å². The van der Waals surface area contributed by atoms with Gasteiger partial charge in [-0.2, -0.15) is 0 Å². The summed E-state index contributed by atoms with van der Waals surface area (Å²) in [6.07, 6.45) is 1.44. The molecule has 0 saturated carbocycles. The minimum atomic E-state index is -0.495. The van der Waals surface area contributed by atoms with Crippen LogP contribution in [0.25, 0.3) is 0 Å². The van der Waals surface area contributed by atoms with E-state index in [1.54, 1.807) is 17.6 Å². The van der Waals surface area contributed by atoms with Crippen LogP contribution in [-0.2, 0) is 0 Å². The van der Waals surface area contributed by atoms with E-state index in [2.05, 4.69) is 4.98 Å². The first-order valence-electron chi connectivity index (χ1n) is 3.97. The van der Waals surface area contributed by atoms with E-state index in [9.17, 15) is 9.18 Å². The van der Waals surface area contributed by atoms with Crippen molar-refractivity contribution in [3.8, 4) is 0 Å². The number of halogens is 1. The van der Waals surface area contributed by atoms with Crippen LogP contribution in [0.2, 0.25) is 0 Å². The number of thiazole rings is 1. The third-order valence-electron chi connectivity index (χ3n) is 1.77. The van der Waals surface area contributed by atoms with Gasteiger partial charge in [0.15, 0.2) is 0 Å². The van der Waals surface area contributed by atoms with Gasteiger partial charge in [-0.15, -0.1) is 11.3 Å². The SMILES string of the molecule is O=C(c1cncs1)c1ccccc1F. The van der Waals surface area contributed by atoms with Crippen LogP contribution in [0.4, 0.5) is 4.39 Å². The normalized spacial score (nSPS) is 10.1. The Morgan fingerprint density at radius 3 is 2.79 bits per heavy atom. The lowest BCUT2D eigenvalue weighted by atomic mass is 10.1. The van der Waals surface area contributed by atoms with E-state index in [0.29, 0.717) is 4.88 Å². The molecule has 0 fully saturated rings. The van der Waals surface area contributed by atoms with Crippen molar-refractivity contribution < 1.29 is 9.18 Å². The second-order valence-electron chi connectivity index (χ2n) is 2.67. The summed E-state index contributed by atoms with van der Waals surface area (Å²) >= 11 is 1.21. The van der Waals surface area contributed by atoms with E-state index in [1.807, 2.05) is 0 Å². The number of ketones is 1. The molecule has 2 rings (SSSR count). The van der Waals surface area contributed by atoms with E-state index < -0.39 is 5.82 Å². The summed E-state index contributed by atoms with van der Waals surface area (Å²) in [5, 5.41) is 0. The van der Waals surface area contributed by atoms with Crippen LogP contribution in [0.15, 0.2) is 36.0 Å². The van der Waals surface area contributed by atoms with Gasteiger partial charge in [-0.05, 0) is 12.1 Å². The lowest BCUT2D eigenvalue weighted by molar-refractivity contribution is 0.103. The van der Waals surface area contributed by atoms with Gasteiger partial charge in [-0.25, -0.2) is 4.39 Å². The maximum Gasteiger partial charge on any atom is 0.207 e. The first-order valence-corrected chi connectivity index (χ1v) is 4.85. The maximum atomic E-state index is 13.2. The summed E-state index contributed by atoms with van der Waals surface area (Å²) in [5.74, 6) is -0.809. The Balaban J connectivity index is 2.42. The summed E-state index contributed by atoms with van der Waals surface area (Å²) in [6, 6.07) is 5.93. The van der Waals surface area contributed by atoms with Crippen LogP contribution in [-0.4, -0.2) is 10.8 Å². The Labute approximate surface area is 84.0 Å². The van der Waals surface area contributed by atoms with Crippen molar-refractivity contribution >= 4 is 17.1 Å². The smallest absolute Gasteiger partial charge is 0.207 e. The number of nitrogens with zero attached hydrogens (tertiary/aromatic N) is 1. The van der Waals surface area contributed by atoms with Crippen molar-refractivity contribution in [2.45, 2.75) is 0 Å². The summed E-state index contributed by atoms with van der Waals surface area (Å²) in [5.41, 5.74) is 1.64. The van der Waals surface area contributed by atoms with Crippen LogP contribution in [0.3, 0.4) is 0 Å². The van der Waals surface area contributed by atoms with Crippen molar-refractivity contribution in [3.63, 3.8) is 0 Å². The monoisotopic (exact) mass is 207 g/mol.